The summed E-state index contributed by atoms with van der Waals surface area (Å²) >= 11 is 0. The fourth-order valence-electron chi connectivity index (χ4n) is 5.08. The van der Waals surface area contributed by atoms with Gasteiger partial charge in [-0.2, -0.15) is 0 Å². The first-order valence-corrected chi connectivity index (χ1v) is 9.78. The second kappa shape index (κ2) is 6.72. The minimum absolute atomic E-state index is 0.0513. The van der Waals surface area contributed by atoms with Gasteiger partial charge in [-0.1, -0.05) is 24.3 Å². The Hall–Kier alpha value is -2.70. The van der Waals surface area contributed by atoms with E-state index in [0.717, 1.165) is 31.6 Å². The SMILES string of the molecule is OCc1cc(N2CCC3(CC2)c2ccccc2[C@H](n2ccnc2)[C@H]3O)ccn1. The minimum atomic E-state index is -0.480. The largest absolute Gasteiger partial charge is 0.390 e. The Labute approximate surface area is 164 Å². The van der Waals surface area contributed by atoms with E-state index < -0.39 is 6.10 Å². The molecule has 0 unspecified atom stereocenters. The highest BCUT2D eigenvalue weighted by molar-refractivity contribution is 5.51. The molecule has 5 rings (SSSR count). The summed E-state index contributed by atoms with van der Waals surface area (Å²) in [6.07, 6.45) is 8.54. The van der Waals surface area contributed by atoms with Gasteiger partial charge in [0.1, 0.15) is 0 Å². The third-order valence-electron chi connectivity index (χ3n) is 6.51. The third-order valence-corrected chi connectivity index (χ3v) is 6.51. The molecule has 1 aliphatic heterocycles. The summed E-state index contributed by atoms with van der Waals surface area (Å²) in [7, 11) is 0. The maximum atomic E-state index is 11.5. The van der Waals surface area contributed by atoms with Gasteiger partial charge in [0.25, 0.3) is 0 Å². The van der Waals surface area contributed by atoms with E-state index in [1.54, 1.807) is 18.7 Å². The summed E-state index contributed by atoms with van der Waals surface area (Å²) in [6, 6.07) is 12.3. The lowest BCUT2D eigenvalue weighted by atomic mass is 9.72. The van der Waals surface area contributed by atoms with Crippen LogP contribution in [-0.4, -0.2) is 43.9 Å². The van der Waals surface area contributed by atoms with Crippen molar-refractivity contribution >= 4 is 5.69 Å². The Morgan fingerprint density at radius 3 is 2.68 bits per heavy atom. The van der Waals surface area contributed by atoms with Crippen LogP contribution in [-0.2, 0) is 12.0 Å². The van der Waals surface area contributed by atoms with E-state index in [4.69, 9.17) is 0 Å². The highest BCUT2D eigenvalue weighted by atomic mass is 16.3. The standard InChI is InChI=1S/C22H24N4O2/c27-14-16-13-17(5-8-24-16)25-10-6-22(7-11-25)19-4-2-1-3-18(19)20(21(22)28)26-12-9-23-15-26/h1-5,8-9,12-13,15,20-21,27-28H,6-7,10-11,14H2/t20-,21+/m0/s1. The molecule has 2 atom stereocenters. The van der Waals surface area contributed by atoms with E-state index in [9.17, 15) is 10.2 Å². The molecule has 2 aromatic heterocycles. The molecule has 28 heavy (non-hydrogen) atoms. The molecule has 1 spiro atoms. The van der Waals surface area contributed by atoms with Crippen LogP contribution in [0.5, 0.6) is 0 Å². The van der Waals surface area contributed by atoms with E-state index in [2.05, 4.69) is 39.1 Å². The minimum Gasteiger partial charge on any atom is -0.390 e. The zero-order valence-electron chi connectivity index (χ0n) is 15.6. The van der Waals surface area contributed by atoms with Crippen LogP contribution in [0.3, 0.4) is 0 Å². The molecular weight excluding hydrogens is 352 g/mol. The molecular formula is C22H24N4O2. The molecule has 3 heterocycles. The fourth-order valence-corrected chi connectivity index (χ4v) is 5.08. The van der Waals surface area contributed by atoms with Crippen LogP contribution >= 0.6 is 0 Å². The van der Waals surface area contributed by atoms with E-state index >= 15 is 0 Å². The summed E-state index contributed by atoms with van der Waals surface area (Å²) < 4.78 is 2.03. The smallest absolute Gasteiger partial charge is 0.0952 e. The van der Waals surface area contributed by atoms with Gasteiger partial charge in [-0.05, 0) is 36.1 Å². The van der Waals surface area contributed by atoms with Crippen molar-refractivity contribution < 1.29 is 10.2 Å². The van der Waals surface area contributed by atoms with Gasteiger partial charge in [-0.3, -0.25) is 4.98 Å². The van der Waals surface area contributed by atoms with Crippen LogP contribution in [0, 0.1) is 0 Å². The number of nitrogens with zero attached hydrogens (tertiary/aromatic N) is 4. The molecule has 0 amide bonds. The van der Waals surface area contributed by atoms with Crippen molar-refractivity contribution in [2.45, 2.75) is 37.0 Å². The van der Waals surface area contributed by atoms with Gasteiger partial charge in [0.2, 0.25) is 0 Å². The number of aliphatic hydroxyl groups excluding tert-OH is 2. The van der Waals surface area contributed by atoms with Crippen molar-refractivity contribution in [1.82, 2.24) is 14.5 Å². The molecule has 1 aliphatic carbocycles. The van der Waals surface area contributed by atoms with Crippen molar-refractivity contribution in [3.63, 3.8) is 0 Å². The number of hydrogen-bond acceptors (Lipinski definition) is 5. The first kappa shape index (κ1) is 17.4. The van der Waals surface area contributed by atoms with Crippen LogP contribution in [0.1, 0.15) is 35.7 Å². The zero-order chi connectivity index (χ0) is 19.1. The highest BCUT2D eigenvalue weighted by Crippen LogP contribution is 2.52. The molecule has 6 nitrogen and oxygen atoms in total. The maximum absolute atomic E-state index is 11.5. The highest BCUT2D eigenvalue weighted by Gasteiger charge is 2.53. The van der Waals surface area contributed by atoms with Crippen LogP contribution < -0.4 is 4.90 Å². The quantitative estimate of drug-likeness (QED) is 0.734. The van der Waals surface area contributed by atoms with Crippen LogP contribution in [0.2, 0.25) is 0 Å². The topological polar surface area (TPSA) is 74.4 Å². The lowest BCUT2D eigenvalue weighted by Gasteiger charge is -2.43. The Balaban J connectivity index is 1.46. The lowest BCUT2D eigenvalue weighted by molar-refractivity contribution is 0.0493. The average molecular weight is 376 g/mol. The van der Waals surface area contributed by atoms with Gasteiger partial charge in [0.15, 0.2) is 0 Å². The molecule has 144 valence electrons. The first-order chi connectivity index (χ1) is 13.7. The number of aliphatic hydroxyl groups is 2. The van der Waals surface area contributed by atoms with Crippen LogP contribution in [0.25, 0.3) is 0 Å². The zero-order valence-corrected chi connectivity index (χ0v) is 15.6. The van der Waals surface area contributed by atoms with E-state index in [1.807, 2.05) is 22.9 Å². The lowest BCUT2D eigenvalue weighted by Crippen LogP contribution is -2.48. The number of rotatable bonds is 3. The number of imidazole rings is 1. The summed E-state index contributed by atoms with van der Waals surface area (Å²) in [4.78, 5) is 10.7. The van der Waals surface area contributed by atoms with Crippen molar-refractivity contribution in [3.8, 4) is 0 Å². The summed E-state index contributed by atoms with van der Waals surface area (Å²) in [5, 5.41) is 20.9. The molecule has 3 aromatic rings. The Morgan fingerprint density at radius 1 is 1.11 bits per heavy atom. The number of aromatic nitrogens is 3. The van der Waals surface area contributed by atoms with Gasteiger partial charge < -0.3 is 19.7 Å². The second-order valence-corrected chi connectivity index (χ2v) is 7.79. The average Bonchev–Trinajstić information content (AvgIpc) is 3.35. The summed E-state index contributed by atoms with van der Waals surface area (Å²) in [5.74, 6) is 0. The molecule has 0 saturated carbocycles. The number of pyridine rings is 1. The number of piperidine rings is 1. The third kappa shape index (κ3) is 2.56. The Kier molecular flexibility index (Phi) is 4.18. The van der Waals surface area contributed by atoms with Crippen molar-refractivity contribution in [2.24, 2.45) is 0 Å². The molecule has 1 saturated heterocycles. The van der Waals surface area contributed by atoms with Gasteiger partial charge in [-0.15, -0.1) is 0 Å². The molecule has 0 radical (unpaired) electrons. The molecule has 0 bridgehead atoms. The van der Waals surface area contributed by atoms with E-state index in [1.165, 1.54) is 11.1 Å². The molecule has 1 aromatic carbocycles. The van der Waals surface area contributed by atoms with Crippen LogP contribution in [0.4, 0.5) is 5.69 Å². The molecule has 6 heteroatoms. The first-order valence-electron chi connectivity index (χ1n) is 9.78. The molecule has 1 fully saturated rings. The van der Waals surface area contributed by atoms with Gasteiger partial charge in [0.05, 0.1) is 30.8 Å². The summed E-state index contributed by atoms with van der Waals surface area (Å²) in [5.41, 5.74) is 4.00. The number of anilines is 1. The Morgan fingerprint density at radius 2 is 1.93 bits per heavy atom. The van der Waals surface area contributed by atoms with Gasteiger partial charge in [0, 0.05) is 42.8 Å². The van der Waals surface area contributed by atoms with Crippen molar-refractivity contribution in [1.29, 1.82) is 0 Å². The van der Waals surface area contributed by atoms with Crippen molar-refractivity contribution in [2.75, 3.05) is 18.0 Å². The fraction of sp³-hybridized carbons (Fsp3) is 0.364. The van der Waals surface area contributed by atoms with E-state index in [0.29, 0.717) is 5.69 Å². The van der Waals surface area contributed by atoms with E-state index in [-0.39, 0.29) is 18.1 Å². The van der Waals surface area contributed by atoms with Crippen LogP contribution in [0.15, 0.2) is 61.3 Å². The predicted octanol–water partition coefficient (Wildman–Crippen LogP) is 2.27. The Bertz CT molecular complexity index is 964. The second-order valence-electron chi connectivity index (χ2n) is 7.79. The maximum Gasteiger partial charge on any atom is 0.0952 e. The predicted molar refractivity (Wildman–Crippen MR) is 106 cm³/mol. The monoisotopic (exact) mass is 376 g/mol. The number of hydrogen-bond donors (Lipinski definition) is 2. The van der Waals surface area contributed by atoms with Gasteiger partial charge in [-0.25, -0.2) is 4.98 Å². The van der Waals surface area contributed by atoms with Crippen molar-refractivity contribution in [3.05, 3.63) is 78.1 Å². The summed E-state index contributed by atoms with van der Waals surface area (Å²) in [6.45, 7) is 1.66. The number of fused-ring (bicyclic) bond motifs is 2. The normalized spacial score (nSPS) is 23.1. The number of benzene rings is 1. The van der Waals surface area contributed by atoms with Gasteiger partial charge >= 0.3 is 0 Å². The molecule has 2 aliphatic rings. The molecule has 2 N–H and O–H groups in total.